The normalized spacial score (nSPS) is 11.6. The van der Waals surface area contributed by atoms with Gasteiger partial charge in [0.1, 0.15) is 17.0 Å². The largest absolute Gasteiger partial charge is 0.455 e. The maximum Gasteiger partial charge on any atom is 0.147 e. The first-order valence-corrected chi connectivity index (χ1v) is 9.65. The molecule has 142 valence electrons. The molecule has 3 nitrogen and oxygen atoms in total. The Kier molecular flexibility index (Phi) is 4.13. The lowest BCUT2D eigenvalue weighted by Gasteiger charge is -2.07. The maximum atomic E-state index is 14.8. The molecule has 0 unspecified atom stereocenters. The molecule has 0 radical (unpaired) electrons. The van der Waals surface area contributed by atoms with Crippen LogP contribution in [0.3, 0.4) is 0 Å². The van der Waals surface area contributed by atoms with Gasteiger partial charge in [-0.25, -0.2) is 4.39 Å². The summed E-state index contributed by atoms with van der Waals surface area (Å²) >= 11 is 0. The summed E-state index contributed by atoms with van der Waals surface area (Å²) in [5, 5.41) is 1.80. The van der Waals surface area contributed by atoms with Crippen molar-refractivity contribution in [2.24, 2.45) is 0 Å². The molecule has 3 heterocycles. The summed E-state index contributed by atoms with van der Waals surface area (Å²) in [7, 11) is 0. The molecule has 5 aromatic rings. The minimum atomic E-state index is -0.350. The molecule has 4 heteroatoms. The van der Waals surface area contributed by atoms with Crippen LogP contribution in [-0.2, 0) is 0 Å². The highest BCUT2D eigenvalue weighted by molar-refractivity contribution is 6.12. The third-order valence-corrected chi connectivity index (χ3v) is 5.26. The number of hydrogen-bond acceptors (Lipinski definition) is 3. The molecule has 0 atom stereocenters. The number of benzene rings is 2. The van der Waals surface area contributed by atoms with Gasteiger partial charge in [0, 0.05) is 28.7 Å². The lowest BCUT2D eigenvalue weighted by atomic mass is 10.00. The van der Waals surface area contributed by atoms with E-state index in [4.69, 9.17) is 4.42 Å². The molecule has 0 fully saturated rings. The number of fused-ring (bicyclic) bond motifs is 3. The fraction of sp³-hybridized carbons (Fsp3) is 0.120. The van der Waals surface area contributed by atoms with E-state index in [0.717, 1.165) is 22.0 Å². The number of halogens is 1. The average Bonchev–Trinajstić information content (AvgIpc) is 3.13. The SMILES string of the molecule is CC(C)c1ccnc(-c2cccc3c2oc2c(-c4ccccn4)c(F)ccc23)c1. The number of para-hydroxylation sites is 1. The molecular formula is C25H19FN2O. The van der Waals surface area contributed by atoms with Gasteiger partial charge in [-0.3, -0.25) is 9.97 Å². The van der Waals surface area contributed by atoms with Gasteiger partial charge in [0.2, 0.25) is 0 Å². The predicted molar refractivity (Wildman–Crippen MR) is 114 cm³/mol. The quantitative estimate of drug-likeness (QED) is 0.338. The molecule has 5 rings (SSSR count). The van der Waals surface area contributed by atoms with E-state index in [9.17, 15) is 4.39 Å². The van der Waals surface area contributed by atoms with Gasteiger partial charge >= 0.3 is 0 Å². The van der Waals surface area contributed by atoms with Crippen molar-refractivity contribution in [3.63, 3.8) is 0 Å². The zero-order valence-electron chi connectivity index (χ0n) is 16.2. The Bertz CT molecular complexity index is 1340. The van der Waals surface area contributed by atoms with Gasteiger partial charge in [-0.1, -0.05) is 32.0 Å². The highest BCUT2D eigenvalue weighted by atomic mass is 19.1. The van der Waals surface area contributed by atoms with Gasteiger partial charge in [0.25, 0.3) is 0 Å². The van der Waals surface area contributed by atoms with Crippen LogP contribution >= 0.6 is 0 Å². The summed E-state index contributed by atoms with van der Waals surface area (Å²) in [4.78, 5) is 8.89. The van der Waals surface area contributed by atoms with E-state index in [0.29, 0.717) is 28.3 Å². The number of rotatable bonds is 3. The Labute approximate surface area is 167 Å². The van der Waals surface area contributed by atoms with E-state index in [1.807, 2.05) is 42.6 Å². The van der Waals surface area contributed by atoms with Crippen molar-refractivity contribution in [2.75, 3.05) is 0 Å². The Morgan fingerprint density at radius 3 is 2.41 bits per heavy atom. The molecule has 29 heavy (non-hydrogen) atoms. The molecule has 0 saturated heterocycles. The van der Waals surface area contributed by atoms with Gasteiger partial charge in [-0.2, -0.15) is 0 Å². The van der Waals surface area contributed by atoms with Crippen LogP contribution in [-0.4, -0.2) is 9.97 Å². The smallest absolute Gasteiger partial charge is 0.147 e. The van der Waals surface area contributed by atoms with Crippen molar-refractivity contribution < 1.29 is 8.81 Å². The van der Waals surface area contributed by atoms with E-state index in [1.54, 1.807) is 18.3 Å². The molecule has 0 aliphatic rings. The summed E-state index contributed by atoms with van der Waals surface area (Å²) in [6.45, 7) is 4.31. The lowest BCUT2D eigenvalue weighted by molar-refractivity contribution is 0.622. The fourth-order valence-corrected chi connectivity index (χ4v) is 3.74. The van der Waals surface area contributed by atoms with Crippen molar-refractivity contribution in [1.82, 2.24) is 9.97 Å². The highest BCUT2D eigenvalue weighted by Gasteiger charge is 2.19. The second kappa shape index (κ2) is 6.82. The molecule has 0 spiro atoms. The molecule has 0 aliphatic carbocycles. The van der Waals surface area contributed by atoms with Crippen molar-refractivity contribution in [3.8, 4) is 22.5 Å². The third-order valence-electron chi connectivity index (χ3n) is 5.26. The van der Waals surface area contributed by atoms with Gasteiger partial charge < -0.3 is 4.42 Å². The van der Waals surface area contributed by atoms with Crippen LogP contribution in [0.1, 0.15) is 25.3 Å². The summed E-state index contributed by atoms with van der Waals surface area (Å²) < 4.78 is 21.1. The number of nitrogens with zero attached hydrogens (tertiary/aromatic N) is 2. The van der Waals surface area contributed by atoms with E-state index in [1.165, 1.54) is 11.6 Å². The van der Waals surface area contributed by atoms with E-state index < -0.39 is 0 Å². The number of furan rings is 1. The molecule has 0 aliphatic heterocycles. The van der Waals surface area contributed by atoms with Gasteiger partial charge in [-0.15, -0.1) is 0 Å². The summed E-state index contributed by atoms with van der Waals surface area (Å²) in [5.41, 5.74) is 5.10. The number of hydrogen-bond donors (Lipinski definition) is 0. The minimum absolute atomic E-state index is 0.350. The second-order valence-electron chi connectivity index (χ2n) is 7.43. The zero-order chi connectivity index (χ0) is 20.0. The van der Waals surface area contributed by atoms with E-state index >= 15 is 0 Å². The predicted octanol–water partition coefficient (Wildman–Crippen LogP) is 6.97. The minimum Gasteiger partial charge on any atom is -0.455 e. The number of pyridine rings is 2. The summed E-state index contributed by atoms with van der Waals surface area (Å²) in [6, 6.07) is 18.8. The Hall–Kier alpha value is -3.53. The monoisotopic (exact) mass is 382 g/mol. The average molecular weight is 382 g/mol. The molecule has 0 bridgehead atoms. The standard InChI is InChI=1S/C25H19FN2O/c1-15(2)16-11-13-28-22(14-16)19-7-5-6-17-18-9-10-20(26)23(25(18)29-24(17)19)21-8-3-4-12-27-21/h3-15H,1-2H3. The van der Waals surface area contributed by atoms with Crippen LogP contribution in [0.2, 0.25) is 0 Å². The lowest BCUT2D eigenvalue weighted by Crippen LogP contribution is -1.90. The molecule has 2 aromatic carbocycles. The Morgan fingerprint density at radius 1 is 0.793 bits per heavy atom. The molecular weight excluding hydrogens is 363 g/mol. The van der Waals surface area contributed by atoms with Crippen LogP contribution < -0.4 is 0 Å². The Balaban J connectivity index is 1.82. The van der Waals surface area contributed by atoms with Crippen molar-refractivity contribution >= 4 is 21.9 Å². The zero-order valence-corrected chi connectivity index (χ0v) is 16.2. The number of aromatic nitrogens is 2. The van der Waals surface area contributed by atoms with E-state index in [-0.39, 0.29) is 5.82 Å². The van der Waals surface area contributed by atoms with Gasteiger partial charge in [0.05, 0.1) is 17.0 Å². The first-order valence-electron chi connectivity index (χ1n) is 9.65. The van der Waals surface area contributed by atoms with Crippen molar-refractivity contribution in [3.05, 3.63) is 84.4 Å². The first kappa shape index (κ1) is 17.6. The van der Waals surface area contributed by atoms with Crippen LogP contribution in [0.25, 0.3) is 44.5 Å². The topological polar surface area (TPSA) is 38.9 Å². The Morgan fingerprint density at radius 2 is 1.62 bits per heavy atom. The van der Waals surface area contributed by atoms with Crippen LogP contribution in [0.4, 0.5) is 4.39 Å². The summed E-state index contributed by atoms with van der Waals surface area (Å²) in [6.07, 6.45) is 3.48. The van der Waals surface area contributed by atoms with Crippen molar-refractivity contribution in [2.45, 2.75) is 19.8 Å². The molecule has 0 amide bonds. The van der Waals surface area contributed by atoms with Crippen molar-refractivity contribution in [1.29, 1.82) is 0 Å². The fourth-order valence-electron chi connectivity index (χ4n) is 3.74. The highest BCUT2D eigenvalue weighted by Crippen LogP contribution is 2.40. The second-order valence-corrected chi connectivity index (χ2v) is 7.43. The van der Waals surface area contributed by atoms with Crippen LogP contribution in [0.5, 0.6) is 0 Å². The molecule has 3 aromatic heterocycles. The maximum absolute atomic E-state index is 14.8. The van der Waals surface area contributed by atoms with Gasteiger partial charge in [0.15, 0.2) is 0 Å². The third kappa shape index (κ3) is 2.88. The molecule has 0 N–H and O–H groups in total. The van der Waals surface area contributed by atoms with E-state index in [2.05, 4.69) is 29.9 Å². The van der Waals surface area contributed by atoms with Gasteiger partial charge in [-0.05, 0) is 53.9 Å². The van der Waals surface area contributed by atoms with Crippen LogP contribution in [0.15, 0.2) is 77.5 Å². The first-order chi connectivity index (χ1) is 14.1. The summed E-state index contributed by atoms with van der Waals surface area (Å²) in [5.74, 6) is 0.0493. The molecule has 0 saturated carbocycles. The van der Waals surface area contributed by atoms with Crippen LogP contribution in [0, 0.1) is 5.82 Å².